The zero-order valence-electron chi connectivity index (χ0n) is 19.0. The van der Waals surface area contributed by atoms with Crippen molar-refractivity contribution in [3.8, 4) is 0 Å². The Hall–Kier alpha value is -2.42. The number of amides is 2. The van der Waals surface area contributed by atoms with Crippen LogP contribution in [-0.2, 0) is 36.7 Å². The Labute approximate surface area is 187 Å². The molecule has 0 saturated carbocycles. The van der Waals surface area contributed by atoms with E-state index in [0.29, 0.717) is 16.5 Å². The van der Waals surface area contributed by atoms with E-state index in [4.69, 9.17) is 9.47 Å². The highest BCUT2D eigenvalue weighted by Gasteiger charge is 2.30. The Morgan fingerprint density at radius 2 is 1.87 bits per heavy atom. The summed E-state index contributed by atoms with van der Waals surface area (Å²) in [7, 11) is 0. The van der Waals surface area contributed by atoms with Crippen LogP contribution in [0.3, 0.4) is 0 Å². The standard InChI is InChI=1S/C22H32N2O6S/c1-7-29-20(27)17-14-9-8-12(2)10-15(14)31-18(17)24-16(25)11-30-19(26)13(3)23-21(28)22(4,5)6/h12-13H,7-11H2,1-6H3,(H,23,28)(H,24,25). The molecule has 1 aromatic heterocycles. The second kappa shape index (κ2) is 10.3. The van der Waals surface area contributed by atoms with Crippen molar-refractivity contribution >= 4 is 40.1 Å². The van der Waals surface area contributed by atoms with Gasteiger partial charge < -0.3 is 20.1 Å². The van der Waals surface area contributed by atoms with Gasteiger partial charge in [0.05, 0.1) is 12.2 Å². The first-order valence-electron chi connectivity index (χ1n) is 10.5. The van der Waals surface area contributed by atoms with E-state index in [1.165, 1.54) is 18.3 Å². The molecule has 2 rings (SSSR count). The highest BCUT2D eigenvalue weighted by Crippen LogP contribution is 2.40. The number of anilines is 1. The molecule has 9 heteroatoms. The number of hydrogen-bond donors (Lipinski definition) is 2. The lowest BCUT2D eigenvalue weighted by molar-refractivity contribution is -0.150. The minimum atomic E-state index is -0.884. The fourth-order valence-electron chi connectivity index (χ4n) is 3.15. The molecule has 1 heterocycles. The van der Waals surface area contributed by atoms with E-state index in [1.807, 2.05) is 0 Å². The predicted molar refractivity (Wildman–Crippen MR) is 118 cm³/mol. The Morgan fingerprint density at radius 3 is 2.48 bits per heavy atom. The van der Waals surface area contributed by atoms with E-state index < -0.39 is 35.9 Å². The zero-order chi connectivity index (χ0) is 23.3. The van der Waals surface area contributed by atoms with Gasteiger partial charge in [-0.05, 0) is 44.6 Å². The van der Waals surface area contributed by atoms with E-state index in [0.717, 1.165) is 29.7 Å². The van der Waals surface area contributed by atoms with Gasteiger partial charge in [-0.25, -0.2) is 9.59 Å². The molecule has 0 spiro atoms. The van der Waals surface area contributed by atoms with Gasteiger partial charge in [0.2, 0.25) is 5.91 Å². The smallest absolute Gasteiger partial charge is 0.341 e. The third-order valence-corrected chi connectivity index (χ3v) is 6.14. The summed E-state index contributed by atoms with van der Waals surface area (Å²) < 4.78 is 10.2. The first kappa shape index (κ1) is 24.8. The zero-order valence-corrected chi connectivity index (χ0v) is 19.9. The lowest BCUT2D eigenvalue weighted by Crippen LogP contribution is -2.45. The number of ether oxygens (including phenoxy) is 2. The van der Waals surface area contributed by atoms with E-state index in [2.05, 4.69) is 17.6 Å². The summed E-state index contributed by atoms with van der Waals surface area (Å²) in [6.45, 7) is 10.3. The van der Waals surface area contributed by atoms with E-state index in [-0.39, 0.29) is 12.5 Å². The molecule has 0 radical (unpaired) electrons. The monoisotopic (exact) mass is 452 g/mol. The Bertz CT molecular complexity index is 855. The van der Waals surface area contributed by atoms with Gasteiger partial charge in [0.15, 0.2) is 6.61 Å². The molecule has 2 unspecified atom stereocenters. The van der Waals surface area contributed by atoms with Gasteiger partial charge in [0, 0.05) is 10.3 Å². The quantitative estimate of drug-likeness (QED) is 0.615. The molecule has 0 aliphatic heterocycles. The molecule has 1 aromatic rings. The van der Waals surface area contributed by atoms with Crippen molar-refractivity contribution < 1.29 is 28.7 Å². The average molecular weight is 453 g/mol. The van der Waals surface area contributed by atoms with Gasteiger partial charge >= 0.3 is 11.9 Å². The number of carbonyl (C=O) groups is 4. The number of hydrogen-bond acceptors (Lipinski definition) is 7. The molecule has 2 amide bonds. The fraction of sp³-hybridized carbons (Fsp3) is 0.636. The third kappa shape index (κ3) is 6.53. The number of thiophene rings is 1. The molecule has 1 aliphatic rings. The SMILES string of the molecule is CCOC(=O)c1c(NC(=O)COC(=O)C(C)NC(=O)C(C)(C)C)sc2c1CCC(C)C2. The predicted octanol–water partition coefficient (Wildman–Crippen LogP) is 3.08. The first-order chi connectivity index (χ1) is 14.4. The van der Waals surface area contributed by atoms with Gasteiger partial charge in [-0.2, -0.15) is 0 Å². The van der Waals surface area contributed by atoms with E-state index in [1.54, 1.807) is 27.7 Å². The molecule has 0 saturated heterocycles. The van der Waals surface area contributed by atoms with Crippen LogP contribution in [0.25, 0.3) is 0 Å². The van der Waals surface area contributed by atoms with Crippen molar-refractivity contribution in [2.75, 3.05) is 18.5 Å². The van der Waals surface area contributed by atoms with Gasteiger partial charge in [0.25, 0.3) is 5.91 Å². The second-order valence-corrected chi connectivity index (χ2v) is 9.98. The minimum absolute atomic E-state index is 0.239. The summed E-state index contributed by atoms with van der Waals surface area (Å²) in [5.74, 6) is -1.51. The van der Waals surface area contributed by atoms with Gasteiger partial charge in [-0.1, -0.05) is 27.7 Å². The summed E-state index contributed by atoms with van der Waals surface area (Å²) in [4.78, 5) is 50.1. The molecule has 1 aliphatic carbocycles. The number of nitrogens with one attached hydrogen (secondary N) is 2. The number of carbonyl (C=O) groups excluding carboxylic acids is 4. The molecule has 8 nitrogen and oxygen atoms in total. The van der Waals surface area contributed by atoms with Crippen LogP contribution < -0.4 is 10.6 Å². The van der Waals surface area contributed by atoms with Crippen molar-refractivity contribution in [3.63, 3.8) is 0 Å². The van der Waals surface area contributed by atoms with Crippen LogP contribution in [0.2, 0.25) is 0 Å². The molecule has 2 atom stereocenters. The number of rotatable bonds is 7. The Morgan fingerprint density at radius 1 is 1.19 bits per heavy atom. The van der Waals surface area contributed by atoms with Crippen LogP contribution in [-0.4, -0.2) is 43.0 Å². The minimum Gasteiger partial charge on any atom is -0.462 e. The van der Waals surface area contributed by atoms with E-state index >= 15 is 0 Å². The van der Waals surface area contributed by atoms with Gasteiger partial charge in [0.1, 0.15) is 11.0 Å². The summed E-state index contributed by atoms with van der Waals surface area (Å²) >= 11 is 1.37. The van der Waals surface area contributed by atoms with Crippen LogP contribution in [0.4, 0.5) is 5.00 Å². The van der Waals surface area contributed by atoms with Crippen LogP contribution in [0, 0.1) is 11.3 Å². The Kier molecular flexibility index (Phi) is 8.22. The normalized spacial score (nSPS) is 16.6. The second-order valence-electron chi connectivity index (χ2n) is 8.88. The van der Waals surface area contributed by atoms with Gasteiger partial charge in [-0.15, -0.1) is 11.3 Å². The number of fused-ring (bicyclic) bond motifs is 1. The number of esters is 2. The van der Waals surface area contributed by atoms with Crippen molar-refractivity contribution in [3.05, 3.63) is 16.0 Å². The van der Waals surface area contributed by atoms with Crippen molar-refractivity contribution in [1.82, 2.24) is 5.32 Å². The Balaban J connectivity index is 2.02. The largest absolute Gasteiger partial charge is 0.462 e. The van der Waals surface area contributed by atoms with Crippen molar-refractivity contribution in [1.29, 1.82) is 0 Å². The highest BCUT2D eigenvalue weighted by atomic mass is 32.1. The first-order valence-corrected chi connectivity index (χ1v) is 11.3. The molecule has 2 N–H and O–H groups in total. The van der Waals surface area contributed by atoms with Crippen molar-refractivity contribution in [2.45, 2.75) is 66.8 Å². The average Bonchev–Trinajstić information content (AvgIpc) is 3.02. The molecular weight excluding hydrogens is 420 g/mol. The molecule has 172 valence electrons. The van der Waals surface area contributed by atoms with Crippen molar-refractivity contribution in [2.24, 2.45) is 11.3 Å². The molecule has 31 heavy (non-hydrogen) atoms. The van der Waals surface area contributed by atoms with Crippen LogP contribution >= 0.6 is 11.3 Å². The lowest BCUT2D eigenvalue weighted by Gasteiger charge is -2.20. The molecular formula is C22H32N2O6S. The summed E-state index contributed by atoms with van der Waals surface area (Å²) in [6.07, 6.45) is 2.58. The maximum absolute atomic E-state index is 12.5. The summed E-state index contributed by atoms with van der Waals surface area (Å²) in [6, 6.07) is -0.884. The maximum atomic E-state index is 12.5. The summed E-state index contributed by atoms with van der Waals surface area (Å²) in [5, 5.41) is 5.68. The molecule has 0 aromatic carbocycles. The topological polar surface area (TPSA) is 111 Å². The van der Waals surface area contributed by atoms with Gasteiger partial charge in [-0.3, -0.25) is 9.59 Å². The van der Waals surface area contributed by atoms with Crippen LogP contribution in [0.5, 0.6) is 0 Å². The molecule has 0 fully saturated rings. The van der Waals surface area contributed by atoms with Crippen LogP contribution in [0.15, 0.2) is 0 Å². The lowest BCUT2D eigenvalue weighted by atomic mass is 9.88. The summed E-state index contributed by atoms with van der Waals surface area (Å²) in [5.41, 5.74) is 0.692. The van der Waals surface area contributed by atoms with Crippen LogP contribution in [0.1, 0.15) is 68.8 Å². The maximum Gasteiger partial charge on any atom is 0.341 e. The molecule has 0 bridgehead atoms. The third-order valence-electron chi connectivity index (χ3n) is 4.97. The van der Waals surface area contributed by atoms with E-state index in [9.17, 15) is 19.2 Å². The highest BCUT2D eigenvalue weighted by molar-refractivity contribution is 7.17. The fourth-order valence-corrected chi connectivity index (χ4v) is 4.57.